The molecule has 1 rings (SSSR count). The predicted molar refractivity (Wildman–Crippen MR) is 98.3 cm³/mol. The Labute approximate surface area is 150 Å². The van der Waals surface area contributed by atoms with Crippen LogP contribution in [0.3, 0.4) is 0 Å². The van der Waals surface area contributed by atoms with E-state index in [-0.39, 0.29) is 29.3 Å². The number of hydrogen-bond donors (Lipinski definition) is 0. The lowest BCUT2D eigenvalue weighted by atomic mass is 9.99. The van der Waals surface area contributed by atoms with Crippen LogP contribution in [0.15, 0.2) is 0 Å². The lowest BCUT2D eigenvalue weighted by molar-refractivity contribution is -0.159. The molecule has 6 heteroatoms. The van der Waals surface area contributed by atoms with Crippen LogP contribution in [0.2, 0.25) is 0 Å². The number of rotatable bonds is 4. The Morgan fingerprint density at radius 3 is 2.08 bits per heavy atom. The minimum absolute atomic E-state index is 0.00244. The SMILES string of the molecule is CS[C@H](C(C)C(=O)OC(C)(C)C)[C@H]1CCCN1C(=O)OC(C)(C)C. The van der Waals surface area contributed by atoms with Crippen LogP contribution in [0.4, 0.5) is 4.79 Å². The molecule has 3 atom stereocenters. The maximum Gasteiger partial charge on any atom is 0.410 e. The molecule has 0 aromatic heterocycles. The van der Waals surface area contributed by atoms with Gasteiger partial charge in [-0.3, -0.25) is 4.79 Å². The Morgan fingerprint density at radius 1 is 1.08 bits per heavy atom. The highest BCUT2D eigenvalue weighted by Crippen LogP contribution is 2.33. The van der Waals surface area contributed by atoms with Crippen molar-refractivity contribution in [3.8, 4) is 0 Å². The Kier molecular flexibility index (Phi) is 7.03. The average molecular weight is 360 g/mol. The summed E-state index contributed by atoms with van der Waals surface area (Å²) in [6.07, 6.45) is 3.51. The van der Waals surface area contributed by atoms with Crippen LogP contribution >= 0.6 is 11.8 Å². The smallest absolute Gasteiger partial charge is 0.410 e. The van der Waals surface area contributed by atoms with Crippen molar-refractivity contribution in [1.29, 1.82) is 0 Å². The van der Waals surface area contributed by atoms with E-state index in [0.29, 0.717) is 6.54 Å². The second-order valence-corrected chi connectivity index (χ2v) is 9.42. The maximum atomic E-state index is 12.5. The molecule has 0 radical (unpaired) electrons. The van der Waals surface area contributed by atoms with Gasteiger partial charge in [-0.2, -0.15) is 11.8 Å². The van der Waals surface area contributed by atoms with Gasteiger partial charge in [-0.05, 0) is 60.6 Å². The minimum atomic E-state index is -0.518. The zero-order valence-corrected chi connectivity index (χ0v) is 17.2. The van der Waals surface area contributed by atoms with Crippen molar-refractivity contribution in [3.05, 3.63) is 0 Å². The summed E-state index contributed by atoms with van der Waals surface area (Å²) in [5.41, 5.74) is -1.02. The van der Waals surface area contributed by atoms with Gasteiger partial charge in [0, 0.05) is 17.8 Å². The van der Waals surface area contributed by atoms with Crippen molar-refractivity contribution in [2.45, 2.75) is 83.8 Å². The number of thioether (sulfide) groups is 1. The third-order valence-corrected chi connectivity index (χ3v) is 5.12. The highest BCUT2D eigenvalue weighted by molar-refractivity contribution is 7.99. The van der Waals surface area contributed by atoms with Gasteiger partial charge in [0.15, 0.2) is 0 Å². The van der Waals surface area contributed by atoms with Gasteiger partial charge in [-0.25, -0.2) is 4.79 Å². The normalized spacial score (nSPS) is 21.3. The molecule has 0 aliphatic carbocycles. The fourth-order valence-electron chi connectivity index (χ4n) is 2.90. The van der Waals surface area contributed by atoms with Crippen molar-refractivity contribution in [2.24, 2.45) is 5.92 Å². The molecule has 1 aliphatic rings. The lowest BCUT2D eigenvalue weighted by Gasteiger charge is -2.35. The van der Waals surface area contributed by atoms with E-state index in [1.54, 1.807) is 16.7 Å². The summed E-state index contributed by atoms with van der Waals surface area (Å²) in [4.78, 5) is 26.7. The number of carbonyl (C=O) groups excluding carboxylic acids is 2. The van der Waals surface area contributed by atoms with Crippen molar-refractivity contribution >= 4 is 23.8 Å². The van der Waals surface area contributed by atoms with Crippen molar-refractivity contribution in [1.82, 2.24) is 4.90 Å². The van der Waals surface area contributed by atoms with Gasteiger partial charge < -0.3 is 14.4 Å². The lowest BCUT2D eigenvalue weighted by Crippen LogP contribution is -2.47. The van der Waals surface area contributed by atoms with Crippen molar-refractivity contribution in [3.63, 3.8) is 0 Å². The quantitative estimate of drug-likeness (QED) is 0.708. The summed E-state index contributed by atoms with van der Waals surface area (Å²) >= 11 is 1.62. The van der Waals surface area contributed by atoms with Crippen LogP contribution in [-0.2, 0) is 14.3 Å². The first-order valence-electron chi connectivity index (χ1n) is 8.61. The predicted octanol–water partition coefficient (Wildman–Crippen LogP) is 4.10. The van der Waals surface area contributed by atoms with Crippen LogP contribution in [0.25, 0.3) is 0 Å². The molecular weight excluding hydrogens is 326 g/mol. The fraction of sp³-hybridized carbons (Fsp3) is 0.889. The van der Waals surface area contributed by atoms with E-state index in [2.05, 4.69) is 0 Å². The summed E-state index contributed by atoms with van der Waals surface area (Å²) in [6, 6.07) is -0.00244. The third kappa shape index (κ3) is 6.19. The van der Waals surface area contributed by atoms with Crippen LogP contribution in [-0.4, -0.2) is 52.3 Å². The van der Waals surface area contributed by atoms with Crippen LogP contribution in [0.1, 0.15) is 61.3 Å². The molecule has 0 aromatic carbocycles. The molecule has 0 N–H and O–H groups in total. The molecule has 0 saturated carbocycles. The summed E-state index contributed by atoms with van der Waals surface area (Å²) in [6.45, 7) is 13.8. The second kappa shape index (κ2) is 7.98. The highest BCUT2D eigenvalue weighted by Gasteiger charge is 2.41. The molecule has 1 aliphatic heterocycles. The first-order valence-corrected chi connectivity index (χ1v) is 9.90. The van der Waals surface area contributed by atoms with E-state index in [1.807, 2.05) is 54.7 Å². The number of ether oxygens (including phenoxy) is 2. The number of nitrogens with zero attached hydrogens (tertiary/aromatic N) is 1. The molecule has 1 heterocycles. The first kappa shape index (κ1) is 21.1. The summed E-state index contributed by atoms with van der Waals surface area (Å²) in [7, 11) is 0. The van der Waals surface area contributed by atoms with Gasteiger partial charge in [0.25, 0.3) is 0 Å². The molecule has 1 amide bonds. The van der Waals surface area contributed by atoms with Gasteiger partial charge >= 0.3 is 12.1 Å². The highest BCUT2D eigenvalue weighted by atomic mass is 32.2. The molecule has 0 spiro atoms. The van der Waals surface area contributed by atoms with E-state index >= 15 is 0 Å². The van der Waals surface area contributed by atoms with Gasteiger partial charge in [-0.1, -0.05) is 6.92 Å². The van der Waals surface area contributed by atoms with E-state index in [1.165, 1.54) is 0 Å². The summed E-state index contributed by atoms with van der Waals surface area (Å²) < 4.78 is 11.1. The Morgan fingerprint density at radius 2 is 1.62 bits per heavy atom. The number of esters is 1. The number of amides is 1. The van der Waals surface area contributed by atoms with Gasteiger partial charge in [0.2, 0.25) is 0 Å². The maximum absolute atomic E-state index is 12.5. The third-order valence-electron chi connectivity index (χ3n) is 3.85. The average Bonchev–Trinajstić information content (AvgIpc) is 2.84. The van der Waals surface area contributed by atoms with Crippen molar-refractivity contribution in [2.75, 3.05) is 12.8 Å². The molecule has 1 saturated heterocycles. The first-order chi connectivity index (χ1) is 10.9. The number of hydrogen-bond acceptors (Lipinski definition) is 5. The number of likely N-dealkylation sites (tertiary alicyclic amines) is 1. The molecule has 140 valence electrons. The second-order valence-electron chi connectivity index (χ2n) is 8.41. The topological polar surface area (TPSA) is 55.8 Å². The van der Waals surface area contributed by atoms with E-state index in [0.717, 1.165) is 12.8 Å². The minimum Gasteiger partial charge on any atom is -0.460 e. The Hall–Kier alpha value is -0.910. The zero-order valence-electron chi connectivity index (χ0n) is 16.3. The van der Waals surface area contributed by atoms with Gasteiger partial charge in [0.05, 0.1) is 5.92 Å². The van der Waals surface area contributed by atoms with Crippen molar-refractivity contribution < 1.29 is 19.1 Å². The monoisotopic (exact) mass is 359 g/mol. The van der Waals surface area contributed by atoms with E-state index < -0.39 is 11.2 Å². The Balaban J connectivity index is 2.85. The zero-order chi connectivity index (χ0) is 18.7. The van der Waals surface area contributed by atoms with Crippen LogP contribution < -0.4 is 0 Å². The van der Waals surface area contributed by atoms with E-state index in [9.17, 15) is 9.59 Å². The largest absolute Gasteiger partial charge is 0.460 e. The van der Waals surface area contributed by atoms with Crippen LogP contribution in [0.5, 0.6) is 0 Å². The van der Waals surface area contributed by atoms with Gasteiger partial charge in [-0.15, -0.1) is 0 Å². The molecule has 24 heavy (non-hydrogen) atoms. The van der Waals surface area contributed by atoms with Crippen LogP contribution in [0, 0.1) is 5.92 Å². The van der Waals surface area contributed by atoms with E-state index in [4.69, 9.17) is 9.47 Å². The number of carbonyl (C=O) groups is 2. The molecule has 0 aromatic rings. The summed E-state index contributed by atoms with van der Waals surface area (Å²) in [5, 5.41) is -0.00475. The molecule has 5 nitrogen and oxygen atoms in total. The molecule has 1 fully saturated rings. The summed E-state index contributed by atoms with van der Waals surface area (Å²) in [5.74, 6) is -0.495. The molecule has 0 bridgehead atoms. The molecular formula is C18H33NO4S. The van der Waals surface area contributed by atoms with Gasteiger partial charge in [0.1, 0.15) is 11.2 Å². The molecule has 1 unspecified atom stereocenters. The Bertz CT molecular complexity index is 453. The standard InChI is InChI=1S/C18H33NO4S/c1-12(15(20)22-17(2,3)4)14(24-8)13-10-9-11-19(13)16(21)23-18(5,6)7/h12-14H,9-11H2,1-8H3/t12?,13-,14-/m1/s1. The fourth-order valence-corrected chi connectivity index (χ4v) is 4.02.